The lowest BCUT2D eigenvalue weighted by Gasteiger charge is -2.28. The maximum Gasteiger partial charge on any atom is 0.490 e. The summed E-state index contributed by atoms with van der Waals surface area (Å²) >= 11 is 0. The summed E-state index contributed by atoms with van der Waals surface area (Å²) in [6.45, 7) is -1.52. The van der Waals surface area contributed by atoms with E-state index in [1.54, 1.807) is 6.92 Å². The van der Waals surface area contributed by atoms with E-state index in [0.29, 0.717) is 0 Å². The van der Waals surface area contributed by atoms with Crippen LogP contribution < -0.4 is 32.8 Å². The van der Waals surface area contributed by atoms with Crippen molar-refractivity contribution in [1.82, 2.24) is 43.6 Å². The molecule has 0 spiro atoms. The second kappa shape index (κ2) is 21.4. The molecule has 0 aromatic carbocycles. The highest BCUT2D eigenvalue weighted by Gasteiger charge is 2.58. The lowest BCUT2D eigenvalue weighted by molar-refractivity contribution is -0.746. The molecule has 8 heterocycles. The van der Waals surface area contributed by atoms with Gasteiger partial charge in [-0.2, -0.15) is 8.62 Å². The molecule has 5 aromatic heterocycles. The van der Waals surface area contributed by atoms with Gasteiger partial charge in [0, 0.05) is 32.4 Å². The van der Waals surface area contributed by atoms with E-state index in [1.165, 1.54) is 27.1 Å². The first-order valence-corrected chi connectivity index (χ1v) is 27.7. The molecule has 5 aromatic rings. The smallest absolute Gasteiger partial charge is 0.387 e. The van der Waals surface area contributed by atoms with Gasteiger partial charge in [-0.15, -0.1) is 0 Å². The standard InChI is InChI=1S/C34H48N12O24P4/c1-4-43-13-46(28-20(43)29(51)42-33(36)41-28)30-21(48)14(7-61-2)15(66-30)8-64-72(55,56)69-74(59,60)70-73(57,58)65-10-17-25(24(62-3)32(68-17)45-12-39-19-26(35)37-11-38-27(19)45)71(53,54)63-9-16-22(49)23(50)31(67-16)44-6-5-18(47)40-34(44)52/h5-6,11-17,21-25,30-32,48-50H,4,7-10H2,1-3H3,(H9-,35,36,37,38,40,41,42,47,51,52,53,54,55,56,57,58,59,60)/p+1/t14-,15-,16-,17?,21-,22-,23-,24-,25-,30-,31-,32-/m1/s1. The monoisotopic (exact) mass is 1130 g/mol. The predicted molar refractivity (Wildman–Crippen MR) is 241 cm³/mol. The highest BCUT2D eigenvalue weighted by molar-refractivity contribution is 7.66. The maximum atomic E-state index is 14.3. The number of nitrogens with one attached hydrogen (secondary N) is 2. The van der Waals surface area contributed by atoms with Gasteiger partial charge >= 0.3 is 42.4 Å². The number of aromatic nitrogens is 10. The van der Waals surface area contributed by atoms with Gasteiger partial charge in [0.25, 0.3) is 17.1 Å². The minimum Gasteiger partial charge on any atom is -0.387 e. The van der Waals surface area contributed by atoms with E-state index in [1.807, 2.05) is 4.98 Å². The maximum absolute atomic E-state index is 14.3. The third-order valence-corrected chi connectivity index (χ3v) is 18.1. The fraction of sp³-hybridized carbons (Fsp3) is 0.588. The van der Waals surface area contributed by atoms with Crippen LogP contribution >= 0.6 is 31.1 Å². The van der Waals surface area contributed by atoms with Crippen molar-refractivity contribution in [3.63, 3.8) is 0 Å². The average Bonchev–Trinajstić information content (AvgIpc) is 4.13. The summed E-state index contributed by atoms with van der Waals surface area (Å²) in [7, 11) is -20.9. The lowest BCUT2D eigenvalue weighted by atomic mass is 9.99. The molecule has 0 saturated carbocycles. The molecular weight excluding hydrogens is 1080 g/mol. The minimum absolute atomic E-state index is 0.00348. The van der Waals surface area contributed by atoms with Gasteiger partial charge < -0.3 is 74.6 Å². The molecule has 74 heavy (non-hydrogen) atoms. The molecule has 0 amide bonds. The number of ether oxygens (including phenoxy) is 5. The Hall–Kier alpha value is -4.58. The summed E-state index contributed by atoms with van der Waals surface area (Å²) in [6, 6.07) is 0.927. The van der Waals surface area contributed by atoms with Crippen LogP contribution in [-0.4, -0.2) is 168 Å². The number of hydrogen-bond acceptors (Lipinski definition) is 26. The number of aliphatic hydroxyl groups is 3. The topological polar surface area (TPSA) is 507 Å². The van der Waals surface area contributed by atoms with Crippen molar-refractivity contribution in [3.05, 3.63) is 62.4 Å². The molecule has 3 fully saturated rings. The van der Waals surface area contributed by atoms with Crippen molar-refractivity contribution in [3.8, 4) is 0 Å². The number of anilines is 2. The van der Waals surface area contributed by atoms with Crippen LogP contribution in [0.25, 0.3) is 22.3 Å². The first-order valence-electron chi connectivity index (χ1n) is 21.5. The Labute approximate surface area is 412 Å². The van der Waals surface area contributed by atoms with Gasteiger partial charge in [-0.05, 0) is 6.92 Å². The average molecular weight is 1130 g/mol. The van der Waals surface area contributed by atoms with E-state index < -0.39 is 141 Å². The number of rotatable bonds is 21. The van der Waals surface area contributed by atoms with E-state index in [-0.39, 0.29) is 47.2 Å². The quantitative estimate of drug-likeness (QED) is 0.0252. The second-order valence-corrected chi connectivity index (χ2v) is 23.1. The fourth-order valence-corrected chi connectivity index (χ4v) is 13.9. The zero-order chi connectivity index (χ0) is 53.8. The summed E-state index contributed by atoms with van der Waals surface area (Å²) in [4.78, 5) is 101. The van der Waals surface area contributed by atoms with Crippen LogP contribution in [0, 0.1) is 5.92 Å². The molecule has 3 aliphatic rings. The van der Waals surface area contributed by atoms with Crippen LogP contribution in [0.2, 0.25) is 0 Å². The van der Waals surface area contributed by atoms with E-state index in [2.05, 4.69) is 33.5 Å². The molecule has 408 valence electrons. The van der Waals surface area contributed by atoms with Gasteiger partial charge in [-0.3, -0.25) is 46.9 Å². The number of hydrogen-bond donors (Lipinski definition) is 11. The number of aromatic amines is 2. The highest BCUT2D eigenvalue weighted by Crippen LogP contribution is 2.68. The van der Waals surface area contributed by atoms with Gasteiger partial charge in [-0.1, -0.05) is 4.98 Å². The normalized spacial score (nSPS) is 30.6. The van der Waals surface area contributed by atoms with Crippen molar-refractivity contribution in [2.75, 3.05) is 52.1 Å². The Bertz CT molecular complexity index is 3260. The Balaban J connectivity index is 0.958. The highest BCUT2D eigenvalue weighted by atomic mass is 31.3. The molecule has 0 aliphatic carbocycles. The first kappa shape index (κ1) is 55.6. The Morgan fingerprint density at radius 2 is 1.45 bits per heavy atom. The number of nitrogen functional groups attached to an aromatic ring is 2. The summed E-state index contributed by atoms with van der Waals surface area (Å²) in [5, 5.41) is 32.8. The van der Waals surface area contributed by atoms with Crippen molar-refractivity contribution >= 4 is 65.2 Å². The number of aryl methyl sites for hydroxylation is 1. The number of H-pyrrole nitrogens is 2. The molecule has 3 aliphatic heterocycles. The van der Waals surface area contributed by atoms with Crippen LogP contribution in [-0.2, 0) is 70.7 Å². The summed E-state index contributed by atoms with van der Waals surface area (Å²) < 4.78 is 111. The largest absolute Gasteiger partial charge is 0.490 e. The predicted octanol–water partition coefficient (Wildman–Crippen LogP) is -3.42. The molecule has 0 radical (unpaired) electrons. The Morgan fingerprint density at radius 3 is 2.09 bits per heavy atom. The molecule has 5 unspecified atom stereocenters. The van der Waals surface area contributed by atoms with Crippen molar-refractivity contribution in [2.24, 2.45) is 5.92 Å². The van der Waals surface area contributed by atoms with Gasteiger partial charge in [0.2, 0.25) is 11.7 Å². The van der Waals surface area contributed by atoms with Crippen molar-refractivity contribution in [2.45, 2.75) is 80.5 Å². The number of methoxy groups -OCH3 is 2. The Kier molecular flexibility index (Phi) is 16.1. The zero-order valence-electron chi connectivity index (χ0n) is 38.4. The first-order chi connectivity index (χ1) is 34.8. The second-order valence-electron chi connectivity index (χ2n) is 16.5. The van der Waals surface area contributed by atoms with Gasteiger partial charge in [0.1, 0.15) is 54.1 Å². The summed E-state index contributed by atoms with van der Waals surface area (Å²) in [6.07, 6.45) is -11.6. The van der Waals surface area contributed by atoms with Crippen LogP contribution in [0.4, 0.5) is 11.8 Å². The van der Waals surface area contributed by atoms with Crippen LogP contribution in [0.1, 0.15) is 25.6 Å². The number of aliphatic hydroxyl groups excluding tert-OH is 3. The van der Waals surface area contributed by atoms with Crippen molar-refractivity contribution < 1.29 is 104 Å². The number of phosphoric acid groups is 3. The third kappa shape index (κ3) is 11.3. The molecule has 0 bridgehead atoms. The molecule has 3 saturated heterocycles. The van der Waals surface area contributed by atoms with E-state index in [0.717, 1.165) is 36.6 Å². The third-order valence-electron chi connectivity index (χ3n) is 11.9. The summed E-state index contributed by atoms with van der Waals surface area (Å²) in [5.41, 5.74) is 7.40. The van der Waals surface area contributed by atoms with E-state index >= 15 is 0 Å². The van der Waals surface area contributed by atoms with Crippen LogP contribution in [0.3, 0.4) is 0 Å². The van der Waals surface area contributed by atoms with E-state index in [4.69, 9.17) is 48.7 Å². The van der Waals surface area contributed by atoms with Crippen LogP contribution in [0.5, 0.6) is 0 Å². The number of imidazole rings is 2. The van der Waals surface area contributed by atoms with E-state index in [9.17, 15) is 67.5 Å². The lowest BCUT2D eigenvalue weighted by Crippen LogP contribution is -2.45. The molecule has 13 N–H and O–H groups in total. The van der Waals surface area contributed by atoms with Gasteiger partial charge in [0.15, 0.2) is 30.2 Å². The number of phosphoric ester groups is 2. The number of nitrogens with zero attached hydrogens (tertiary/aromatic N) is 8. The zero-order valence-corrected chi connectivity index (χ0v) is 42.0. The minimum atomic E-state index is -6.19. The molecular formula is C34H49N12O24P4+. The molecule has 16 atom stereocenters. The van der Waals surface area contributed by atoms with Gasteiger partial charge in [-0.25, -0.2) is 38.0 Å². The molecule has 40 heteroatoms. The SMILES string of the molecule is CCn1c[n+]([C@@H]2O[C@H](COP(=O)(O)OP(=O)(O)OP(=O)(O)OCC3O[C@@H](n4cnc5c(N)ncnc54)[C@H](OC)[C@@H]3P(=O)(O)OC[C@H]3O[C@@H](n4ccc(=O)[nH]c4=O)[C@H](O)[C@@H]3O)[C@@H](COC)[C@H]2O)c2nc(N)[nH]c(=O)c21. The fourth-order valence-electron chi connectivity index (χ4n) is 8.62. The number of nitrogens with two attached hydrogens (primary N) is 2. The van der Waals surface area contributed by atoms with Crippen LogP contribution in [0.15, 0.2) is 45.6 Å². The molecule has 36 nitrogen and oxygen atoms in total. The summed E-state index contributed by atoms with van der Waals surface area (Å²) in [5.74, 6) is -1.39. The van der Waals surface area contributed by atoms with Crippen molar-refractivity contribution in [1.29, 1.82) is 0 Å². The molecule has 8 rings (SSSR count). The van der Waals surface area contributed by atoms with Gasteiger partial charge in [0.05, 0.1) is 45.4 Å². The number of fused-ring (bicyclic) bond motifs is 2. The Morgan fingerprint density at radius 1 is 0.784 bits per heavy atom.